The number of aromatic amines is 1. The second-order valence-corrected chi connectivity index (χ2v) is 17.3. The maximum atomic E-state index is 4.46. The van der Waals surface area contributed by atoms with E-state index >= 15 is 0 Å². The molecule has 0 radical (unpaired) electrons. The van der Waals surface area contributed by atoms with Crippen LogP contribution in [0.3, 0.4) is 0 Å². The molecule has 294 valence electrons. The maximum absolute atomic E-state index is 4.46. The van der Waals surface area contributed by atoms with Crippen molar-refractivity contribution >= 4 is 68.2 Å². The van der Waals surface area contributed by atoms with Gasteiger partial charge in [0.25, 0.3) is 0 Å². The molecule has 0 amide bonds. The highest BCUT2D eigenvalue weighted by molar-refractivity contribution is 6.66. The van der Waals surface area contributed by atoms with Crippen molar-refractivity contribution in [2.45, 2.75) is 40.0 Å². The van der Waals surface area contributed by atoms with Gasteiger partial charge in [0.2, 0.25) is 0 Å². The third-order valence-electron chi connectivity index (χ3n) is 13.1. The molecule has 0 atom stereocenters. The largest absolute Gasteiger partial charge is 0.354 e. The highest BCUT2D eigenvalue weighted by Crippen LogP contribution is 2.46. The number of fused-ring (bicyclic) bond motifs is 6. The quantitative estimate of drug-likeness (QED) is 0.126. The molecule has 7 aromatic carbocycles. The molecule has 2 nitrogen and oxygen atoms in total. The highest BCUT2D eigenvalue weighted by Gasteiger charge is 2.35. The molecule has 1 aliphatic carbocycles. The number of rotatable bonds is 7. The summed E-state index contributed by atoms with van der Waals surface area (Å²) in [4.78, 5) is 6.42. The summed E-state index contributed by atoms with van der Waals surface area (Å²) in [5.41, 5.74) is 20.5. The Bertz CT molecular complexity index is 3240. The molecule has 2 heterocycles. The summed E-state index contributed by atoms with van der Waals surface area (Å²) in [5.74, 6) is 0. The summed E-state index contributed by atoms with van der Waals surface area (Å²) in [7, 11) is 0.799. The van der Waals surface area contributed by atoms with E-state index in [0.717, 1.165) is 29.6 Å². The Morgan fingerprint density at radius 3 is 2.23 bits per heavy atom. The SMILES string of the molecule is C=C(/C=C\C=C(/C)N1C(=C/C2=Cc3ccccc3C2(C)C)/C(=C(\C)c2cccc3c2[nH]c2cc4ccccc4cc23)Bc2ccc(-c3ccccc3)cc21)c1ccccc1C. The molecule has 8 aromatic rings. The standard InChI is InChI=1S/C58H49BN2/c1-37-18-10-14-26-47(37)38(2)19-16-20-39(3)61-54-35-44(41-21-8-7-9-22-41)30-31-52(54)59-56(55(61)36-46-32-45-25-13-15-29-51(45)58(46,5)6)40(4)48-27-17-28-49-50-33-42-23-11-12-24-43(42)34-53(50)60-57(48)49/h7-36,59-60H,2H2,1,3-6H3/b19-16-,39-20+,55-36+,56-40-. The molecule has 61 heavy (non-hydrogen) atoms. The normalized spacial score (nSPS) is 16.3. The van der Waals surface area contributed by atoms with Crippen molar-refractivity contribution in [1.29, 1.82) is 0 Å². The Morgan fingerprint density at radius 1 is 0.705 bits per heavy atom. The number of nitrogens with zero attached hydrogens (tertiary/aromatic N) is 1. The predicted molar refractivity (Wildman–Crippen MR) is 266 cm³/mol. The molecule has 0 unspecified atom stereocenters. The summed E-state index contributed by atoms with van der Waals surface area (Å²) in [6, 6.07) is 55.2. The number of nitrogens with one attached hydrogen (secondary N) is 1. The van der Waals surface area contributed by atoms with Crippen molar-refractivity contribution < 1.29 is 0 Å². The van der Waals surface area contributed by atoms with Gasteiger partial charge in [0, 0.05) is 44.3 Å². The van der Waals surface area contributed by atoms with E-state index < -0.39 is 0 Å². The number of aromatic nitrogens is 1. The van der Waals surface area contributed by atoms with Crippen molar-refractivity contribution in [1.82, 2.24) is 4.98 Å². The monoisotopic (exact) mass is 784 g/mol. The molecule has 1 aromatic heterocycles. The smallest absolute Gasteiger partial charge is 0.198 e. The van der Waals surface area contributed by atoms with Crippen LogP contribution in [0.15, 0.2) is 205 Å². The van der Waals surface area contributed by atoms with Gasteiger partial charge in [-0.1, -0.05) is 183 Å². The van der Waals surface area contributed by atoms with Crippen LogP contribution in [-0.4, -0.2) is 12.3 Å². The molecule has 0 spiro atoms. The van der Waals surface area contributed by atoms with Crippen molar-refractivity contribution in [2.24, 2.45) is 0 Å². The van der Waals surface area contributed by atoms with Crippen LogP contribution in [0.1, 0.15) is 55.5 Å². The van der Waals surface area contributed by atoms with E-state index in [4.69, 9.17) is 0 Å². The van der Waals surface area contributed by atoms with Crippen LogP contribution in [0.4, 0.5) is 5.69 Å². The molecule has 0 fully saturated rings. The zero-order valence-electron chi connectivity index (χ0n) is 35.7. The summed E-state index contributed by atoms with van der Waals surface area (Å²) < 4.78 is 0. The van der Waals surface area contributed by atoms with Gasteiger partial charge in [0.05, 0.1) is 5.52 Å². The van der Waals surface area contributed by atoms with E-state index in [1.807, 2.05) is 0 Å². The van der Waals surface area contributed by atoms with E-state index in [2.05, 4.69) is 233 Å². The Morgan fingerprint density at radius 2 is 1.43 bits per heavy atom. The van der Waals surface area contributed by atoms with Crippen LogP contribution < -0.4 is 10.4 Å². The van der Waals surface area contributed by atoms with Crippen LogP contribution in [0.25, 0.3) is 60.9 Å². The molecule has 0 bridgehead atoms. The number of hydrogen-bond acceptors (Lipinski definition) is 1. The number of allylic oxidation sites excluding steroid dienone is 9. The third kappa shape index (κ3) is 6.71. The summed E-state index contributed by atoms with van der Waals surface area (Å²) in [6.07, 6.45) is 11.4. The van der Waals surface area contributed by atoms with Gasteiger partial charge < -0.3 is 9.88 Å². The van der Waals surface area contributed by atoms with E-state index in [1.54, 1.807) is 0 Å². The molecule has 1 aliphatic heterocycles. The second kappa shape index (κ2) is 15.2. The number of para-hydroxylation sites is 1. The molecule has 3 heteroatoms. The zero-order chi connectivity index (χ0) is 41.8. The van der Waals surface area contributed by atoms with Gasteiger partial charge in [0.1, 0.15) is 0 Å². The lowest BCUT2D eigenvalue weighted by Gasteiger charge is -2.38. The van der Waals surface area contributed by atoms with Crippen LogP contribution in [0, 0.1) is 6.92 Å². The maximum Gasteiger partial charge on any atom is 0.198 e. The number of hydrogen-bond donors (Lipinski definition) is 1. The minimum Gasteiger partial charge on any atom is -0.354 e. The fourth-order valence-electron chi connectivity index (χ4n) is 9.69. The fraction of sp³-hybridized carbons (Fsp3) is 0.103. The minimum absolute atomic E-state index is 0.178. The molecule has 0 saturated heterocycles. The molecular weight excluding hydrogens is 735 g/mol. The van der Waals surface area contributed by atoms with Crippen LogP contribution in [0.2, 0.25) is 0 Å². The Labute approximate surface area is 360 Å². The molecule has 2 aliphatic rings. The lowest BCUT2D eigenvalue weighted by atomic mass is 9.56. The van der Waals surface area contributed by atoms with E-state index in [-0.39, 0.29) is 5.41 Å². The van der Waals surface area contributed by atoms with Crippen LogP contribution in [-0.2, 0) is 5.41 Å². The first-order chi connectivity index (χ1) is 29.7. The zero-order valence-corrected chi connectivity index (χ0v) is 35.7. The Kier molecular flexibility index (Phi) is 9.49. The Hall–Kier alpha value is -7.10. The van der Waals surface area contributed by atoms with Crippen molar-refractivity contribution in [3.8, 4) is 11.1 Å². The third-order valence-corrected chi connectivity index (χ3v) is 13.1. The van der Waals surface area contributed by atoms with Gasteiger partial charge in [-0.15, -0.1) is 0 Å². The predicted octanol–water partition coefficient (Wildman–Crippen LogP) is 14.2. The lowest BCUT2D eigenvalue weighted by Crippen LogP contribution is -2.38. The molecular formula is C58H49BN2. The highest BCUT2D eigenvalue weighted by atomic mass is 15.2. The number of aryl methyl sites for hydroxylation is 1. The number of anilines is 1. The fourth-order valence-corrected chi connectivity index (χ4v) is 9.69. The van der Waals surface area contributed by atoms with Gasteiger partial charge >= 0.3 is 0 Å². The molecule has 0 saturated carbocycles. The average molecular weight is 785 g/mol. The van der Waals surface area contributed by atoms with Gasteiger partial charge in [-0.3, -0.25) is 0 Å². The van der Waals surface area contributed by atoms with Gasteiger partial charge in [-0.2, -0.15) is 0 Å². The van der Waals surface area contributed by atoms with E-state index in [0.29, 0.717) is 0 Å². The summed E-state index contributed by atoms with van der Waals surface area (Å²) in [6.45, 7) is 15.9. The minimum atomic E-state index is -0.178. The first kappa shape index (κ1) is 38.1. The van der Waals surface area contributed by atoms with Gasteiger partial charge in [0.15, 0.2) is 7.28 Å². The topological polar surface area (TPSA) is 19.0 Å². The molecule has 10 rings (SSSR count). The van der Waals surface area contributed by atoms with E-state index in [1.165, 1.54) is 93.9 Å². The van der Waals surface area contributed by atoms with Gasteiger partial charge in [-0.25, -0.2) is 0 Å². The van der Waals surface area contributed by atoms with E-state index in [9.17, 15) is 0 Å². The number of benzene rings is 7. The van der Waals surface area contributed by atoms with Gasteiger partial charge in [-0.05, 0) is 112 Å². The summed E-state index contributed by atoms with van der Waals surface area (Å²) in [5, 5.41) is 4.99. The lowest BCUT2D eigenvalue weighted by molar-refractivity contribution is 0.653. The average Bonchev–Trinajstić information content (AvgIpc) is 3.77. The number of H-pyrrole nitrogens is 1. The van der Waals surface area contributed by atoms with Crippen LogP contribution in [0.5, 0.6) is 0 Å². The van der Waals surface area contributed by atoms with Crippen molar-refractivity contribution in [3.63, 3.8) is 0 Å². The van der Waals surface area contributed by atoms with Crippen molar-refractivity contribution in [3.05, 3.63) is 233 Å². The van der Waals surface area contributed by atoms with Crippen molar-refractivity contribution in [2.75, 3.05) is 4.90 Å². The van der Waals surface area contributed by atoms with Crippen LogP contribution >= 0.6 is 0 Å². The first-order valence-electron chi connectivity index (χ1n) is 21.4. The first-order valence-corrected chi connectivity index (χ1v) is 21.4. The Balaban J connectivity index is 1.20. The molecule has 1 N–H and O–H groups in total. The summed E-state index contributed by atoms with van der Waals surface area (Å²) >= 11 is 0. The second-order valence-electron chi connectivity index (χ2n) is 17.3.